The zero-order chi connectivity index (χ0) is 36.1. The maximum Gasteiger partial charge on any atom is 0.500 e. The molecular formula is C30H59NO12S5Si. The molecule has 0 radical (unpaired) electrons. The van der Waals surface area contributed by atoms with Crippen molar-refractivity contribution >= 4 is 82.9 Å². The summed E-state index contributed by atoms with van der Waals surface area (Å²) < 4.78 is 48.4. The highest BCUT2D eigenvalue weighted by Crippen LogP contribution is 2.20. The molecule has 0 atom stereocenters. The Morgan fingerprint density at radius 3 is 1.63 bits per heavy atom. The first-order valence-corrected chi connectivity index (χ1v) is 24.4. The van der Waals surface area contributed by atoms with Gasteiger partial charge in [0.05, 0.1) is 52.5 Å². The summed E-state index contributed by atoms with van der Waals surface area (Å²) in [5.74, 6) is 4.23. The van der Waals surface area contributed by atoms with Crippen LogP contribution in [0.25, 0.3) is 0 Å². The third kappa shape index (κ3) is 33.7. The minimum Gasteiger partial charge on any atom is -0.466 e. The Kier molecular flexibility index (Phi) is 37.9. The molecule has 0 unspecified atom stereocenters. The molecule has 0 spiro atoms. The Labute approximate surface area is 315 Å². The second-order valence-corrected chi connectivity index (χ2v) is 19.0. The van der Waals surface area contributed by atoms with E-state index in [1.165, 1.54) is 11.8 Å². The molecule has 0 bridgehead atoms. The monoisotopic (exact) mass is 813 g/mol. The van der Waals surface area contributed by atoms with Gasteiger partial charge in [-0.3, -0.25) is 14.4 Å². The van der Waals surface area contributed by atoms with Crippen molar-refractivity contribution < 1.29 is 56.1 Å². The Morgan fingerprint density at radius 1 is 0.592 bits per heavy atom. The molecule has 0 saturated carbocycles. The smallest absolute Gasteiger partial charge is 0.466 e. The summed E-state index contributed by atoms with van der Waals surface area (Å²) in [6, 6.07) is 0.636. The van der Waals surface area contributed by atoms with Crippen molar-refractivity contribution in [3.63, 3.8) is 0 Å². The van der Waals surface area contributed by atoms with Gasteiger partial charge in [0.2, 0.25) is 0 Å². The van der Waals surface area contributed by atoms with Crippen molar-refractivity contribution in [2.24, 2.45) is 0 Å². The van der Waals surface area contributed by atoms with Crippen molar-refractivity contribution in [1.29, 1.82) is 0 Å². The topological polar surface area (TPSA) is 146 Å². The normalized spacial score (nSPS) is 11.5. The molecule has 1 N–H and O–H groups in total. The lowest BCUT2D eigenvalue weighted by atomic mass is 10.2. The highest BCUT2D eigenvalue weighted by atomic mass is 33.1. The molecule has 0 aromatic carbocycles. The highest BCUT2D eigenvalue weighted by molar-refractivity contribution is 8.76. The van der Waals surface area contributed by atoms with Gasteiger partial charge in [-0.15, -0.1) is 0 Å². The molecule has 0 aromatic heterocycles. The molecule has 1 amide bonds. The maximum atomic E-state index is 11.9. The van der Waals surface area contributed by atoms with Crippen molar-refractivity contribution in [2.45, 2.75) is 51.0 Å². The summed E-state index contributed by atoms with van der Waals surface area (Å²) in [5.41, 5.74) is 0. The molecule has 0 fully saturated rings. The molecule has 19 heteroatoms. The summed E-state index contributed by atoms with van der Waals surface area (Å²) in [6.45, 7) is 4.09. The predicted molar refractivity (Wildman–Crippen MR) is 206 cm³/mol. The first kappa shape index (κ1) is 49.1. The van der Waals surface area contributed by atoms with Crippen LogP contribution in [-0.4, -0.2) is 148 Å². The molecule has 0 rings (SSSR count). The van der Waals surface area contributed by atoms with E-state index in [4.69, 9.17) is 41.7 Å². The molecule has 0 aliphatic heterocycles. The van der Waals surface area contributed by atoms with Crippen LogP contribution in [0.1, 0.15) is 44.9 Å². The van der Waals surface area contributed by atoms with Crippen LogP contribution in [0.5, 0.6) is 0 Å². The standard InChI is InChI=1S/C30H59NO12S5Si/c1-35-49(36-2,37-3)25-9-12-31-30(34)46-22-16-39-27-41-18-24-48-47-23-17-40-26-38-15-21-45-20-11-29(33)43-14-8-6-5-7-13-42-28(32)10-19-44-4/h5-27H2,1-4H3,(H,31,34). The molecule has 0 aliphatic rings. The van der Waals surface area contributed by atoms with Gasteiger partial charge in [0.25, 0.3) is 5.24 Å². The van der Waals surface area contributed by atoms with Crippen LogP contribution in [0.15, 0.2) is 0 Å². The number of ether oxygens (including phenoxy) is 6. The summed E-state index contributed by atoms with van der Waals surface area (Å²) in [4.78, 5) is 35.1. The molecule has 0 aromatic rings. The first-order chi connectivity index (χ1) is 23.9. The van der Waals surface area contributed by atoms with E-state index in [1.807, 2.05) is 6.26 Å². The van der Waals surface area contributed by atoms with Crippen molar-refractivity contribution in [3.05, 3.63) is 0 Å². The quantitative estimate of drug-likeness (QED) is 0.0273. The molecule has 49 heavy (non-hydrogen) atoms. The molecule has 0 heterocycles. The minimum absolute atomic E-state index is 0.0892. The number of carbonyl (C=O) groups is 3. The number of carbonyl (C=O) groups excluding carboxylic acids is 3. The van der Waals surface area contributed by atoms with Crippen LogP contribution in [0.2, 0.25) is 6.04 Å². The number of hydrogen-bond acceptors (Lipinski definition) is 17. The van der Waals surface area contributed by atoms with Crippen LogP contribution in [0, 0.1) is 0 Å². The van der Waals surface area contributed by atoms with Gasteiger partial charge in [-0.2, -0.15) is 23.5 Å². The van der Waals surface area contributed by atoms with E-state index in [9.17, 15) is 14.4 Å². The van der Waals surface area contributed by atoms with Gasteiger partial charge in [-0.25, -0.2) is 0 Å². The lowest BCUT2D eigenvalue weighted by molar-refractivity contribution is -0.144. The average molecular weight is 814 g/mol. The molecule has 13 nitrogen and oxygen atoms in total. The fraction of sp³-hybridized carbons (Fsp3) is 0.900. The Bertz CT molecular complexity index is 785. The largest absolute Gasteiger partial charge is 0.500 e. The van der Waals surface area contributed by atoms with Crippen LogP contribution in [0.4, 0.5) is 4.79 Å². The molecular weight excluding hydrogens is 755 g/mol. The number of hydrogen-bond donors (Lipinski definition) is 1. The van der Waals surface area contributed by atoms with Crippen molar-refractivity contribution in [2.75, 3.05) is 122 Å². The van der Waals surface area contributed by atoms with E-state index in [2.05, 4.69) is 5.32 Å². The Balaban J connectivity index is 3.29. The van der Waals surface area contributed by atoms with Gasteiger partial charge in [0, 0.05) is 68.4 Å². The number of nitrogens with one attached hydrogen (secondary N) is 1. The number of esters is 2. The fourth-order valence-electron chi connectivity index (χ4n) is 3.59. The first-order valence-electron chi connectivity index (χ1n) is 16.4. The lowest BCUT2D eigenvalue weighted by Crippen LogP contribution is -2.43. The minimum atomic E-state index is -2.59. The van der Waals surface area contributed by atoms with Gasteiger partial charge in [0.15, 0.2) is 0 Å². The number of unbranched alkanes of at least 4 members (excludes halogenated alkanes) is 3. The summed E-state index contributed by atoms with van der Waals surface area (Å²) >= 11 is 4.47. The van der Waals surface area contributed by atoms with E-state index in [0.717, 1.165) is 48.7 Å². The third-order valence-electron chi connectivity index (χ3n) is 6.26. The fourth-order valence-corrected chi connectivity index (χ4v) is 8.75. The second-order valence-electron chi connectivity index (χ2n) is 9.93. The van der Waals surface area contributed by atoms with Gasteiger partial charge < -0.3 is 47.0 Å². The number of amides is 1. The van der Waals surface area contributed by atoms with E-state index < -0.39 is 8.80 Å². The van der Waals surface area contributed by atoms with Gasteiger partial charge in [-0.05, 0) is 38.4 Å². The van der Waals surface area contributed by atoms with Crippen molar-refractivity contribution in [1.82, 2.24) is 5.32 Å². The summed E-state index contributed by atoms with van der Waals surface area (Å²) in [5, 5.41) is 2.77. The van der Waals surface area contributed by atoms with E-state index in [1.54, 1.807) is 66.4 Å². The zero-order valence-corrected chi connectivity index (χ0v) is 34.8. The summed E-state index contributed by atoms with van der Waals surface area (Å²) in [7, 11) is 5.57. The number of thioether (sulfide) groups is 3. The van der Waals surface area contributed by atoms with Gasteiger partial charge in [0.1, 0.15) is 13.6 Å². The molecule has 0 saturated heterocycles. The van der Waals surface area contributed by atoms with Crippen LogP contribution >= 0.6 is 56.9 Å². The van der Waals surface area contributed by atoms with E-state index >= 15 is 0 Å². The van der Waals surface area contributed by atoms with Crippen molar-refractivity contribution in [3.8, 4) is 0 Å². The lowest BCUT2D eigenvalue weighted by Gasteiger charge is -2.24. The van der Waals surface area contributed by atoms with Crippen LogP contribution < -0.4 is 5.32 Å². The van der Waals surface area contributed by atoms with Gasteiger partial charge in [-0.1, -0.05) is 33.3 Å². The van der Waals surface area contributed by atoms with E-state index in [-0.39, 0.29) is 30.8 Å². The Morgan fingerprint density at radius 2 is 1.10 bits per heavy atom. The summed E-state index contributed by atoms with van der Waals surface area (Å²) in [6.07, 6.45) is 7.11. The third-order valence-corrected chi connectivity index (χ3v) is 13.8. The van der Waals surface area contributed by atoms with Crippen LogP contribution in [-0.2, 0) is 51.3 Å². The number of rotatable bonds is 37. The predicted octanol–water partition coefficient (Wildman–Crippen LogP) is 5.58. The zero-order valence-electron chi connectivity index (χ0n) is 29.7. The average Bonchev–Trinajstić information content (AvgIpc) is 3.11. The maximum absolute atomic E-state index is 11.9. The SMILES string of the molecule is CO[Si](CCCNC(=O)SCCOCOCCSSCCOCOCCSCCC(=O)OCCCCCCOC(=O)CCSC)(OC)OC. The molecule has 290 valence electrons. The highest BCUT2D eigenvalue weighted by Gasteiger charge is 2.36. The van der Waals surface area contributed by atoms with E-state index in [0.29, 0.717) is 83.0 Å². The van der Waals surface area contributed by atoms with Crippen LogP contribution in [0.3, 0.4) is 0 Å². The molecule has 0 aliphatic carbocycles. The Hall–Kier alpha value is 0.0969. The van der Waals surface area contributed by atoms with Gasteiger partial charge >= 0.3 is 20.7 Å². The second kappa shape index (κ2) is 37.8.